The molecular formula is C12H25N3. The summed E-state index contributed by atoms with van der Waals surface area (Å²) in [5.74, 6) is 1.22. The molecule has 1 saturated heterocycles. The van der Waals surface area contributed by atoms with Crippen molar-refractivity contribution in [3.63, 3.8) is 0 Å². The van der Waals surface area contributed by atoms with Gasteiger partial charge in [-0.1, -0.05) is 13.3 Å². The van der Waals surface area contributed by atoms with Crippen molar-refractivity contribution in [2.24, 2.45) is 4.99 Å². The minimum absolute atomic E-state index is 0.399. The molecule has 3 heteroatoms. The molecule has 3 nitrogen and oxygen atoms in total. The summed E-state index contributed by atoms with van der Waals surface area (Å²) in [5, 5.41) is 0. The van der Waals surface area contributed by atoms with Crippen LogP contribution in [0.15, 0.2) is 4.99 Å². The van der Waals surface area contributed by atoms with Gasteiger partial charge in [-0.25, -0.2) is 0 Å². The fraction of sp³-hybridized carbons (Fsp3) is 0.917. The van der Waals surface area contributed by atoms with Crippen LogP contribution in [0.5, 0.6) is 0 Å². The van der Waals surface area contributed by atoms with Crippen LogP contribution in [-0.2, 0) is 0 Å². The molecule has 1 aliphatic rings. The number of rotatable bonds is 5. The van der Waals surface area contributed by atoms with E-state index in [2.05, 4.69) is 37.5 Å². The number of hydrogen-bond donors (Lipinski definition) is 0. The summed E-state index contributed by atoms with van der Waals surface area (Å²) in [4.78, 5) is 9.55. The van der Waals surface area contributed by atoms with Crippen molar-refractivity contribution < 1.29 is 0 Å². The van der Waals surface area contributed by atoms with Crippen molar-refractivity contribution in [1.29, 1.82) is 0 Å². The third-order valence-corrected chi connectivity index (χ3v) is 2.74. The van der Waals surface area contributed by atoms with Gasteiger partial charge in [-0.3, -0.25) is 4.99 Å². The van der Waals surface area contributed by atoms with Gasteiger partial charge in [0.05, 0.1) is 0 Å². The van der Waals surface area contributed by atoms with Crippen LogP contribution in [0.1, 0.15) is 40.5 Å². The maximum atomic E-state index is 4.73. The number of hydrogen-bond acceptors (Lipinski definition) is 1. The first-order valence-electron chi connectivity index (χ1n) is 6.26. The molecule has 0 spiro atoms. The average Bonchev–Trinajstić information content (AvgIpc) is 2.57. The summed E-state index contributed by atoms with van der Waals surface area (Å²) in [5.41, 5.74) is 0. The SMILES string of the molecule is CCCCN1CCN(CC)C1=NC(C)C. The Labute approximate surface area is 94.2 Å². The summed E-state index contributed by atoms with van der Waals surface area (Å²) in [7, 11) is 0. The van der Waals surface area contributed by atoms with Crippen molar-refractivity contribution in [3.8, 4) is 0 Å². The van der Waals surface area contributed by atoms with Crippen LogP contribution in [0.4, 0.5) is 0 Å². The monoisotopic (exact) mass is 211 g/mol. The lowest BCUT2D eigenvalue weighted by Crippen LogP contribution is -2.35. The first kappa shape index (κ1) is 12.3. The van der Waals surface area contributed by atoms with E-state index in [1.165, 1.54) is 25.3 Å². The second kappa shape index (κ2) is 5.99. The number of unbranched alkanes of at least 4 members (excludes halogenated alkanes) is 1. The predicted octanol–water partition coefficient (Wildman–Crippen LogP) is 2.19. The van der Waals surface area contributed by atoms with Gasteiger partial charge in [0, 0.05) is 32.2 Å². The highest BCUT2D eigenvalue weighted by atomic mass is 15.4. The van der Waals surface area contributed by atoms with Gasteiger partial charge in [-0.2, -0.15) is 0 Å². The lowest BCUT2D eigenvalue weighted by atomic mass is 10.3. The third kappa shape index (κ3) is 3.40. The first-order valence-corrected chi connectivity index (χ1v) is 6.26. The molecule has 1 fully saturated rings. The number of likely N-dealkylation sites (N-methyl/N-ethyl adjacent to an activating group) is 1. The zero-order chi connectivity index (χ0) is 11.3. The van der Waals surface area contributed by atoms with E-state index in [1.54, 1.807) is 0 Å². The molecule has 0 aromatic rings. The highest BCUT2D eigenvalue weighted by molar-refractivity contribution is 5.82. The van der Waals surface area contributed by atoms with E-state index >= 15 is 0 Å². The van der Waals surface area contributed by atoms with Crippen molar-refractivity contribution in [3.05, 3.63) is 0 Å². The summed E-state index contributed by atoms with van der Waals surface area (Å²) in [6.07, 6.45) is 2.53. The van der Waals surface area contributed by atoms with Gasteiger partial charge in [0.25, 0.3) is 0 Å². The molecule has 0 radical (unpaired) electrons. The van der Waals surface area contributed by atoms with Crippen LogP contribution in [0.3, 0.4) is 0 Å². The fourth-order valence-corrected chi connectivity index (χ4v) is 1.90. The topological polar surface area (TPSA) is 18.8 Å². The van der Waals surface area contributed by atoms with Crippen LogP contribution in [0.25, 0.3) is 0 Å². The predicted molar refractivity (Wildman–Crippen MR) is 66.3 cm³/mol. The molecule has 0 unspecified atom stereocenters. The second-order valence-corrected chi connectivity index (χ2v) is 4.44. The van der Waals surface area contributed by atoms with E-state index in [0.29, 0.717) is 6.04 Å². The largest absolute Gasteiger partial charge is 0.341 e. The van der Waals surface area contributed by atoms with Crippen LogP contribution in [0.2, 0.25) is 0 Å². The Hall–Kier alpha value is -0.730. The summed E-state index contributed by atoms with van der Waals surface area (Å²) in [6.45, 7) is 13.3. The highest BCUT2D eigenvalue weighted by Crippen LogP contribution is 2.11. The van der Waals surface area contributed by atoms with Gasteiger partial charge in [-0.05, 0) is 27.2 Å². The Morgan fingerprint density at radius 3 is 2.40 bits per heavy atom. The maximum absolute atomic E-state index is 4.73. The molecule has 0 amide bonds. The van der Waals surface area contributed by atoms with Crippen molar-refractivity contribution in [1.82, 2.24) is 9.80 Å². The molecule has 0 saturated carbocycles. The van der Waals surface area contributed by atoms with E-state index in [4.69, 9.17) is 4.99 Å². The maximum Gasteiger partial charge on any atom is 0.196 e. The standard InChI is InChI=1S/C12H25N3/c1-5-7-8-15-10-9-14(6-2)12(15)13-11(3)4/h11H,5-10H2,1-4H3. The molecule has 0 aromatic carbocycles. The van der Waals surface area contributed by atoms with E-state index < -0.39 is 0 Å². The van der Waals surface area contributed by atoms with E-state index in [9.17, 15) is 0 Å². The van der Waals surface area contributed by atoms with Gasteiger partial charge in [0.2, 0.25) is 0 Å². The molecule has 0 aromatic heterocycles. The Balaban J connectivity index is 2.63. The molecular weight excluding hydrogens is 186 g/mol. The second-order valence-electron chi connectivity index (χ2n) is 4.44. The molecule has 0 N–H and O–H groups in total. The first-order chi connectivity index (χ1) is 7.19. The molecule has 0 aliphatic carbocycles. The quantitative estimate of drug-likeness (QED) is 0.694. The van der Waals surface area contributed by atoms with E-state index in [-0.39, 0.29) is 0 Å². The van der Waals surface area contributed by atoms with Crippen molar-refractivity contribution in [2.75, 3.05) is 26.2 Å². The number of nitrogens with zero attached hydrogens (tertiary/aromatic N) is 3. The van der Waals surface area contributed by atoms with Gasteiger partial charge in [-0.15, -0.1) is 0 Å². The summed E-state index contributed by atoms with van der Waals surface area (Å²) < 4.78 is 0. The molecule has 1 rings (SSSR count). The Kier molecular flexibility index (Phi) is 4.92. The van der Waals surface area contributed by atoms with E-state index in [0.717, 1.165) is 19.6 Å². The minimum Gasteiger partial charge on any atom is -0.341 e. The molecule has 0 atom stereocenters. The fourth-order valence-electron chi connectivity index (χ4n) is 1.90. The Morgan fingerprint density at radius 1 is 1.20 bits per heavy atom. The molecule has 0 bridgehead atoms. The molecule has 1 aliphatic heterocycles. The lowest BCUT2D eigenvalue weighted by molar-refractivity contribution is 0.444. The summed E-state index contributed by atoms with van der Waals surface area (Å²) >= 11 is 0. The molecule has 15 heavy (non-hydrogen) atoms. The van der Waals surface area contributed by atoms with Gasteiger partial charge in [0.15, 0.2) is 5.96 Å². The third-order valence-electron chi connectivity index (χ3n) is 2.74. The van der Waals surface area contributed by atoms with Crippen LogP contribution >= 0.6 is 0 Å². The van der Waals surface area contributed by atoms with Crippen LogP contribution in [0, 0.1) is 0 Å². The van der Waals surface area contributed by atoms with Gasteiger partial charge in [0.1, 0.15) is 0 Å². The smallest absolute Gasteiger partial charge is 0.196 e. The normalized spacial score (nSPS) is 19.7. The van der Waals surface area contributed by atoms with Crippen molar-refractivity contribution >= 4 is 5.96 Å². The van der Waals surface area contributed by atoms with Crippen LogP contribution < -0.4 is 0 Å². The Morgan fingerprint density at radius 2 is 1.87 bits per heavy atom. The highest BCUT2D eigenvalue weighted by Gasteiger charge is 2.24. The zero-order valence-corrected chi connectivity index (χ0v) is 10.7. The van der Waals surface area contributed by atoms with Gasteiger partial charge >= 0.3 is 0 Å². The number of aliphatic imine (C=N–C) groups is 1. The zero-order valence-electron chi connectivity index (χ0n) is 10.7. The van der Waals surface area contributed by atoms with Crippen molar-refractivity contribution in [2.45, 2.75) is 46.6 Å². The van der Waals surface area contributed by atoms with Gasteiger partial charge < -0.3 is 9.80 Å². The molecule has 88 valence electrons. The van der Waals surface area contributed by atoms with Crippen LogP contribution in [-0.4, -0.2) is 48.0 Å². The molecule has 1 heterocycles. The average molecular weight is 211 g/mol. The minimum atomic E-state index is 0.399. The lowest BCUT2D eigenvalue weighted by Gasteiger charge is -2.23. The van der Waals surface area contributed by atoms with E-state index in [1.807, 2.05) is 0 Å². The Bertz CT molecular complexity index is 211. The summed E-state index contributed by atoms with van der Waals surface area (Å²) in [6, 6.07) is 0.399. The number of guanidine groups is 1.